The predicted octanol–water partition coefficient (Wildman–Crippen LogP) is 3.98. The standard InChI is InChI=1S/C25H30N6O2/c1-15-10-11-18(33-2)13-19(15)16-6-5-7-17(12-16)29-24-20(23(27)32)14-28-25(31-24)30-22-9-4-3-8-21(22)26/h5-7,10-14,21-22H,3-4,8-9,26H2,1-2H3,(H2,27,32)(H2,28,29,30,31)/t21-,22+/m0/s1. The Morgan fingerprint density at radius 2 is 1.97 bits per heavy atom. The van der Waals surface area contributed by atoms with Crippen molar-refractivity contribution in [2.75, 3.05) is 17.7 Å². The van der Waals surface area contributed by atoms with Crippen molar-refractivity contribution in [1.82, 2.24) is 9.97 Å². The van der Waals surface area contributed by atoms with Crippen LogP contribution in [0.5, 0.6) is 5.75 Å². The van der Waals surface area contributed by atoms with Gasteiger partial charge in [0.2, 0.25) is 5.95 Å². The van der Waals surface area contributed by atoms with Crippen molar-refractivity contribution >= 4 is 23.4 Å². The summed E-state index contributed by atoms with van der Waals surface area (Å²) in [4.78, 5) is 20.9. The second-order valence-electron chi connectivity index (χ2n) is 8.41. The van der Waals surface area contributed by atoms with Gasteiger partial charge in [-0.2, -0.15) is 4.98 Å². The van der Waals surface area contributed by atoms with E-state index in [1.165, 1.54) is 6.20 Å². The fourth-order valence-electron chi connectivity index (χ4n) is 4.17. The maximum absolute atomic E-state index is 12.0. The highest BCUT2D eigenvalue weighted by atomic mass is 16.5. The molecule has 0 saturated heterocycles. The number of aromatic nitrogens is 2. The minimum Gasteiger partial charge on any atom is -0.497 e. The second-order valence-corrected chi connectivity index (χ2v) is 8.41. The fraction of sp³-hybridized carbons (Fsp3) is 0.320. The summed E-state index contributed by atoms with van der Waals surface area (Å²) >= 11 is 0. The molecule has 172 valence electrons. The molecule has 4 rings (SSSR count). The van der Waals surface area contributed by atoms with E-state index >= 15 is 0 Å². The van der Waals surface area contributed by atoms with Gasteiger partial charge in [0.1, 0.15) is 17.1 Å². The number of hydrogen-bond donors (Lipinski definition) is 4. The Balaban J connectivity index is 1.63. The summed E-state index contributed by atoms with van der Waals surface area (Å²) in [5.41, 5.74) is 16.0. The number of rotatable bonds is 7. The van der Waals surface area contributed by atoms with E-state index in [-0.39, 0.29) is 17.6 Å². The Bertz CT molecular complexity index is 1150. The predicted molar refractivity (Wildman–Crippen MR) is 131 cm³/mol. The lowest BCUT2D eigenvalue weighted by atomic mass is 9.91. The highest BCUT2D eigenvalue weighted by molar-refractivity contribution is 5.98. The smallest absolute Gasteiger partial charge is 0.254 e. The number of nitrogens with zero attached hydrogens (tertiary/aromatic N) is 2. The third-order valence-electron chi connectivity index (χ3n) is 6.07. The molecule has 1 aliphatic rings. The van der Waals surface area contributed by atoms with Crippen LogP contribution in [0.25, 0.3) is 11.1 Å². The number of methoxy groups -OCH3 is 1. The minimum atomic E-state index is -0.599. The molecule has 8 nitrogen and oxygen atoms in total. The lowest BCUT2D eigenvalue weighted by Gasteiger charge is -2.29. The molecule has 8 heteroatoms. The van der Waals surface area contributed by atoms with Crippen LogP contribution < -0.4 is 26.8 Å². The number of nitrogens with one attached hydrogen (secondary N) is 2. The number of anilines is 3. The average molecular weight is 447 g/mol. The molecule has 1 heterocycles. The zero-order chi connectivity index (χ0) is 23.4. The molecule has 1 fully saturated rings. The van der Waals surface area contributed by atoms with Crippen molar-refractivity contribution in [3.8, 4) is 16.9 Å². The highest BCUT2D eigenvalue weighted by Crippen LogP contribution is 2.30. The van der Waals surface area contributed by atoms with Crippen molar-refractivity contribution in [3.05, 3.63) is 59.8 Å². The zero-order valence-corrected chi connectivity index (χ0v) is 19.0. The molecule has 6 N–H and O–H groups in total. The number of hydrogen-bond acceptors (Lipinski definition) is 7. The van der Waals surface area contributed by atoms with Crippen molar-refractivity contribution in [2.45, 2.75) is 44.7 Å². The van der Waals surface area contributed by atoms with Crippen LogP contribution in [0.3, 0.4) is 0 Å². The van der Waals surface area contributed by atoms with Crippen LogP contribution in [0, 0.1) is 6.92 Å². The molecule has 3 aromatic rings. The largest absolute Gasteiger partial charge is 0.497 e. The molecule has 1 aliphatic carbocycles. The van der Waals surface area contributed by atoms with Crippen LogP contribution in [-0.4, -0.2) is 35.1 Å². The molecule has 0 spiro atoms. The molecule has 0 unspecified atom stereocenters. The molecule has 0 radical (unpaired) electrons. The summed E-state index contributed by atoms with van der Waals surface area (Å²) in [5.74, 6) is 0.962. The van der Waals surface area contributed by atoms with Gasteiger partial charge >= 0.3 is 0 Å². The second kappa shape index (κ2) is 9.87. The molecule has 1 aromatic heterocycles. The van der Waals surface area contributed by atoms with Gasteiger partial charge in [-0.3, -0.25) is 4.79 Å². The number of amides is 1. The third kappa shape index (κ3) is 5.23. The molecule has 0 aliphatic heterocycles. The quantitative estimate of drug-likeness (QED) is 0.432. The molecular formula is C25H30N6O2. The van der Waals surface area contributed by atoms with Gasteiger partial charge in [-0.25, -0.2) is 4.98 Å². The maximum Gasteiger partial charge on any atom is 0.254 e. The van der Waals surface area contributed by atoms with E-state index in [9.17, 15) is 4.79 Å². The van der Waals surface area contributed by atoms with Gasteiger partial charge in [-0.1, -0.05) is 31.0 Å². The Morgan fingerprint density at radius 1 is 1.15 bits per heavy atom. The monoisotopic (exact) mass is 446 g/mol. The summed E-state index contributed by atoms with van der Waals surface area (Å²) in [6.45, 7) is 2.05. The van der Waals surface area contributed by atoms with E-state index in [0.717, 1.165) is 53.8 Å². The number of ether oxygens (including phenoxy) is 1. The number of carbonyl (C=O) groups excluding carboxylic acids is 1. The Labute approximate surface area is 193 Å². The van der Waals surface area contributed by atoms with E-state index < -0.39 is 5.91 Å². The van der Waals surface area contributed by atoms with Gasteiger partial charge in [0.25, 0.3) is 5.91 Å². The zero-order valence-electron chi connectivity index (χ0n) is 19.0. The van der Waals surface area contributed by atoms with Crippen LogP contribution in [-0.2, 0) is 0 Å². The first kappa shape index (κ1) is 22.5. The van der Waals surface area contributed by atoms with Crippen molar-refractivity contribution in [3.63, 3.8) is 0 Å². The van der Waals surface area contributed by atoms with Crippen molar-refractivity contribution in [1.29, 1.82) is 0 Å². The number of aryl methyl sites for hydroxylation is 1. The number of nitrogens with two attached hydrogens (primary N) is 2. The molecule has 1 saturated carbocycles. The van der Waals surface area contributed by atoms with E-state index in [1.807, 2.05) is 42.5 Å². The van der Waals surface area contributed by atoms with Crippen LogP contribution in [0.2, 0.25) is 0 Å². The molecule has 2 atom stereocenters. The van der Waals surface area contributed by atoms with Crippen molar-refractivity contribution in [2.24, 2.45) is 11.5 Å². The molecule has 33 heavy (non-hydrogen) atoms. The minimum absolute atomic E-state index is 0.0531. The first-order chi connectivity index (χ1) is 15.9. The van der Waals surface area contributed by atoms with Gasteiger partial charge in [-0.05, 0) is 60.7 Å². The topological polar surface area (TPSA) is 128 Å². The Kier molecular flexibility index (Phi) is 6.74. The number of primary amides is 1. The molecule has 1 amide bonds. The lowest BCUT2D eigenvalue weighted by Crippen LogP contribution is -2.43. The van der Waals surface area contributed by atoms with Gasteiger partial charge in [0, 0.05) is 24.0 Å². The van der Waals surface area contributed by atoms with E-state index in [0.29, 0.717) is 11.8 Å². The summed E-state index contributed by atoms with van der Waals surface area (Å²) in [6.07, 6.45) is 5.64. The van der Waals surface area contributed by atoms with Gasteiger partial charge in [0.15, 0.2) is 0 Å². The van der Waals surface area contributed by atoms with Gasteiger partial charge < -0.3 is 26.8 Å². The van der Waals surface area contributed by atoms with Gasteiger partial charge in [-0.15, -0.1) is 0 Å². The SMILES string of the molecule is COc1ccc(C)c(-c2cccc(Nc3nc(N[C@@H]4CCCC[C@@H]4N)ncc3C(N)=O)c2)c1. The van der Waals surface area contributed by atoms with Crippen molar-refractivity contribution < 1.29 is 9.53 Å². The van der Waals surface area contributed by atoms with Crippen LogP contribution in [0.4, 0.5) is 17.5 Å². The van der Waals surface area contributed by atoms with E-state index in [4.69, 9.17) is 16.2 Å². The maximum atomic E-state index is 12.0. The third-order valence-corrected chi connectivity index (χ3v) is 6.07. The normalized spacial score (nSPS) is 17.9. The molecule has 0 bridgehead atoms. The average Bonchev–Trinajstić information content (AvgIpc) is 2.81. The van der Waals surface area contributed by atoms with E-state index in [1.54, 1.807) is 7.11 Å². The summed E-state index contributed by atoms with van der Waals surface area (Å²) in [5, 5.41) is 6.57. The lowest BCUT2D eigenvalue weighted by molar-refractivity contribution is 0.100. The molecular weight excluding hydrogens is 416 g/mol. The van der Waals surface area contributed by atoms with Gasteiger partial charge in [0.05, 0.1) is 7.11 Å². The first-order valence-corrected chi connectivity index (χ1v) is 11.2. The fourth-order valence-corrected chi connectivity index (χ4v) is 4.17. The van der Waals surface area contributed by atoms with Crippen LogP contribution >= 0.6 is 0 Å². The first-order valence-electron chi connectivity index (χ1n) is 11.2. The summed E-state index contributed by atoms with van der Waals surface area (Å²) in [6, 6.07) is 14.0. The van der Waals surface area contributed by atoms with Crippen LogP contribution in [0.15, 0.2) is 48.7 Å². The molecule has 2 aromatic carbocycles. The van der Waals surface area contributed by atoms with E-state index in [2.05, 4.69) is 27.5 Å². The number of benzene rings is 2. The summed E-state index contributed by atoms with van der Waals surface area (Å²) < 4.78 is 5.38. The Morgan fingerprint density at radius 3 is 2.73 bits per heavy atom. The summed E-state index contributed by atoms with van der Waals surface area (Å²) in [7, 11) is 1.65. The highest BCUT2D eigenvalue weighted by Gasteiger charge is 2.23. The Hall–Kier alpha value is -3.65. The van der Waals surface area contributed by atoms with Crippen LogP contribution in [0.1, 0.15) is 41.6 Å². The number of carbonyl (C=O) groups is 1.